The molecule has 4 aromatic carbocycles. The van der Waals surface area contributed by atoms with Gasteiger partial charge in [0.25, 0.3) is 11.1 Å². The van der Waals surface area contributed by atoms with Crippen LogP contribution in [0.5, 0.6) is 11.5 Å². The molecular weight excluding hydrogens is 1160 g/mol. The average molecular weight is 1240 g/mol. The number of aliphatic hydroxyl groups is 1. The minimum atomic E-state index is -1.33. The summed E-state index contributed by atoms with van der Waals surface area (Å²) in [5.41, 5.74) is 4.47. The number of carboxylic acid groups (broad SMARTS) is 1. The van der Waals surface area contributed by atoms with Crippen LogP contribution in [0, 0.1) is 13.8 Å². The molecule has 91 heavy (non-hydrogen) atoms. The van der Waals surface area contributed by atoms with E-state index in [-0.39, 0.29) is 51.1 Å². The summed E-state index contributed by atoms with van der Waals surface area (Å²) in [6, 6.07) is 35.9. The maximum absolute atomic E-state index is 14.4. The predicted molar refractivity (Wildman–Crippen MR) is 346 cm³/mol. The molecule has 0 aliphatic heterocycles. The van der Waals surface area contributed by atoms with Crippen LogP contribution in [0.15, 0.2) is 153 Å². The van der Waals surface area contributed by atoms with Crippen molar-refractivity contribution in [2.45, 2.75) is 91.8 Å². The Hall–Kier alpha value is -9.96. The Morgan fingerprint density at radius 3 is 1.44 bits per heavy atom. The average Bonchev–Trinajstić information content (AvgIpc) is 1.67. The number of pyridine rings is 2. The number of carbonyl (C=O) groups is 4. The van der Waals surface area contributed by atoms with E-state index in [2.05, 4.69) is 14.9 Å². The van der Waals surface area contributed by atoms with Crippen molar-refractivity contribution in [1.82, 2.24) is 32.8 Å². The van der Waals surface area contributed by atoms with Gasteiger partial charge in [0, 0.05) is 41.2 Å². The van der Waals surface area contributed by atoms with Crippen molar-refractivity contribution in [3.05, 3.63) is 209 Å². The minimum Gasteiger partial charge on any atom is -0.494 e. The Kier molecular flexibility index (Phi) is 19.9. The molecule has 0 bridgehead atoms. The Bertz CT molecular complexity index is 4600. The predicted octanol–water partition coefficient (Wildman–Crippen LogP) is 9.15. The van der Waals surface area contributed by atoms with Gasteiger partial charge in [-0.2, -0.15) is 0 Å². The number of aromatic nitrogens is 6. The first-order valence-electron chi connectivity index (χ1n) is 30.4. The van der Waals surface area contributed by atoms with Gasteiger partial charge < -0.3 is 52.8 Å². The number of rotatable bonds is 29. The lowest BCUT2D eigenvalue weighted by atomic mass is 9.98. The van der Waals surface area contributed by atoms with Crippen LogP contribution in [-0.4, -0.2) is 125 Å². The number of benzene rings is 4. The van der Waals surface area contributed by atoms with Crippen molar-refractivity contribution in [3.8, 4) is 33.8 Å². The number of nitrogens with zero attached hydrogens (tertiary/aromatic N) is 5. The number of aliphatic hydroxyl groups excluding tert-OH is 1. The monoisotopic (exact) mass is 1240 g/mol. The fraction of sp³-hybridized carbons (Fsp3) is 0.314. The third kappa shape index (κ3) is 14.5. The second kappa shape index (κ2) is 28.3. The molecule has 10 rings (SSSR count). The van der Waals surface area contributed by atoms with Crippen LogP contribution < -0.4 is 32.0 Å². The highest BCUT2D eigenvalue weighted by molar-refractivity contribution is 6.14. The molecule has 0 fully saturated rings. The number of ether oxygens (including phenoxy) is 4. The number of fused-ring (bicyclic) bond motifs is 4. The largest absolute Gasteiger partial charge is 0.494 e. The SMILES string of the molecule is Cc1c(-c2ccc(OCCCCCN(CCCCCOc3ccc(-c4c(C)c(C(=O)c5ccc6c(=O)n(CC(=O)OC(C)(C)C)c(=O)[nH]c6c5)n5ccccc45)cc3)CCOCCO)cc2)c2ccccn2c1C(=O)c1ccc2c(=O)n(CC(=O)O)c(=O)[nH]c2c1. The van der Waals surface area contributed by atoms with Gasteiger partial charge in [-0.15, -0.1) is 0 Å². The van der Waals surface area contributed by atoms with Crippen LogP contribution in [0.4, 0.5) is 0 Å². The van der Waals surface area contributed by atoms with Crippen LogP contribution in [0.2, 0.25) is 0 Å². The van der Waals surface area contributed by atoms with Crippen LogP contribution in [0.1, 0.15) is 103 Å². The molecule has 0 saturated carbocycles. The van der Waals surface area contributed by atoms with Crippen molar-refractivity contribution in [1.29, 1.82) is 0 Å². The molecule has 4 N–H and O–H groups in total. The first-order valence-corrected chi connectivity index (χ1v) is 30.4. The van der Waals surface area contributed by atoms with Crippen LogP contribution in [0.3, 0.4) is 0 Å². The molecule has 21 nitrogen and oxygen atoms in total. The standard InChI is InChI=1S/C70H73N7O14/c1-44-60(56-16-8-12-32-74(56)62(44)64(82)48-22-28-52-54(40-48)71-68(86)76(66(52)84)42-58(79)80)46-18-24-50(25-19-46)89-36-14-6-10-30-73(34-38-88-39-35-78)31-11-7-15-37-90-51-26-20-47(21-27-51)61-45(2)63(75-33-13-9-17-57(61)75)65(83)49-23-29-53-55(41-49)72-69(87)77(67(53)85)43-59(81)91-70(3,4)5/h8-9,12-13,16-29,32-33,40-41,78H,6-7,10-11,14-15,30-31,34-39,42-43H2,1-5H3,(H,71,86)(H,72,87)(H,79,80). The van der Waals surface area contributed by atoms with Crippen molar-refractivity contribution < 1.29 is 48.3 Å². The van der Waals surface area contributed by atoms with Gasteiger partial charge in [-0.25, -0.2) is 18.7 Å². The molecule has 0 spiro atoms. The van der Waals surface area contributed by atoms with E-state index >= 15 is 0 Å². The Balaban J connectivity index is 0.689. The summed E-state index contributed by atoms with van der Waals surface area (Å²) in [6.07, 6.45) is 9.25. The van der Waals surface area contributed by atoms with Crippen LogP contribution in [-0.2, 0) is 32.2 Å². The third-order valence-electron chi connectivity index (χ3n) is 15.9. The van der Waals surface area contributed by atoms with Gasteiger partial charge in [0.2, 0.25) is 11.6 Å². The number of nitrogens with one attached hydrogen (secondary N) is 2. The summed E-state index contributed by atoms with van der Waals surface area (Å²) in [5, 5.41) is 18.7. The van der Waals surface area contributed by atoms with E-state index in [0.29, 0.717) is 42.4 Å². The maximum atomic E-state index is 14.4. The normalized spacial score (nSPS) is 11.8. The molecule has 0 saturated heterocycles. The molecule has 0 aliphatic rings. The lowest BCUT2D eigenvalue weighted by Crippen LogP contribution is -2.39. The van der Waals surface area contributed by atoms with Gasteiger partial charge in [-0.05, 0) is 181 Å². The lowest BCUT2D eigenvalue weighted by molar-refractivity contribution is -0.155. The number of aromatic amines is 2. The number of aliphatic carboxylic acids is 1. The smallest absolute Gasteiger partial charge is 0.329 e. The summed E-state index contributed by atoms with van der Waals surface area (Å²) in [4.78, 5) is 112. The van der Waals surface area contributed by atoms with E-state index in [1.165, 1.54) is 30.3 Å². The lowest BCUT2D eigenvalue weighted by Gasteiger charge is -2.22. The van der Waals surface area contributed by atoms with Gasteiger partial charge in [0.1, 0.15) is 30.2 Å². The zero-order valence-corrected chi connectivity index (χ0v) is 51.5. The third-order valence-corrected chi connectivity index (χ3v) is 15.9. The van der Waals surface area contributed by atoms with Gasteiger partial charge in [0.05, 0.1) is 77.3 Å². The fourth-order valence-corrected chi connectivity index (χ4v) is 11.7. The molecule has 472 valence electrons. The van der Waals surface area contributed by atoms with E-state index in [1.54, 1.807) is 26.8 Å². The number of carbonyl (C=O) groups excluding carboxylic acids is 3. The summed E-state index contributed by atoms with van der Waals surface area (Å²) in [5.74, 6) is -1.22. The highest BCUT2D eigenvalue weighted by Gasteiger charge is 2.26. The number of carboxylic acids is 1. The van der Waals surface area contributed by atoms with Gasteiger partial charge >= 0.3 is 23.3 Å². The Morgan fingerprint density at radius 1 is 0.538 bits per heavy atom. The van der Waals surface area contributed by atoms with E-state index in [4.69, 9.17) is 18.9 Å². The quantitative estimate of drug-likeness (QED) is 0.0193. The molecule has 10 aromatic rings. The number of H-pyrrole nitrogens is 2. The topological polar surface area (TPSA) is 267 Å². The van der Waals surface area contributed by atoms with E-state index in [9.17, 15) is 48.6 Å². The second-order valence-corrected chi connectivity index (χ2v) is 23.5. The molecular formula is C70H73N7O14. The summed E-state index contributed by atoms with van der Waals surface area (Å²) in [6.45, 7) is 12.0. The highest BCUT2D eigenvalue weighted by atomic mass is 16.6. The summed E-state index contributed by atoms with van der Waals surface area (Å²) >= 11 is 0. The number of hydrogen-bond acceptors (Lipinski definition) is 14. The zero-order chi connectivity index (χ0) is 64.5. The number of hydrogen-bond donors (Lipinski definition) is 4. The number of esters is 1. The van der Waals surface area contributed by atoms with Crippen LogP contribution in [0.25, 0.3) is 55.1 Å². The maximum Gasteiger partial charge on any atom is 0.329 e. The minimum absolute atomic E-state index is 0.0258. The van der Waals surface area contributed by atoms with Crippen LogP contribution >= 0.6 is 0 Å². The second-order valence-electron chi connectivity index (χ2n) is 23.5. The van der Waals surface area contributed by atoms with E-state index < -0.39 is 53.1 Å². The summed E-state index contributed by atoms with van der Waals surface area (Å²) in [7, 11) is 0. The molecule has 0 unspecified atom stereocenters. The first-order chi connectivity index (χ1) is 43.8. The molecule has 0 radical (unpaired) electrons. The summed E-state index contributed by atoms with van der Waals surface area (Å²) < 4.78 is 28.4. The van der Waals surface area contributed by atoms with E-state index in [1.807, 2.05) is 120 Å². The Labute approximate surface area is 522 Å². The molecule has 0 amide bonds. The number of ketones is 2. The molecule has 6 aromatic heterocycles. The van der Waals surface area contributed by atoms with Crippen molar-refractivity contribution >= 4 is 56.3 Å². The van der Waals surface area contributed by atoms with E-state index in [0.717, 1.165) is 119 Å². The fourth-order valence-electron chi connectivity index (χ4n) is 11.7. The van der Waals surface area contributed by atoms with Crippen molar-refractivity contribution in [2.24, 2.45) is 0 Å². The van der Waals surface area contributed by atoms with Gasteiger partial charge in [-0.1, -0.05) is 48.5 Å². The van der Waals surface area contributed by atoms with Crippen molar-refractivity contribution in [2.75, 3.05) is 52.7 Å². The first kappa shape index (κ1) is 64.0. The number of unbranched alkanes of at least 4 members (excludes halogenated alkanes) is 4. The van der Waals surface area contributed by atoms with Gasteiger partial charge in [-0.3, -0.25) is 28.8 Å². The highest BCUT2D eigenvalue weighted by Crippen LogP contribution is 2.37. The molecule has 6 heterocycles. The molecule has 21 heteroatoms. The zero-order valence-electron chi connectivity index (χ0n) is 51.5. The molecule has 0 aliphatic carbocycles. The van der Waals surface area contributed by atoms with Gasteiger partial charge in [0.15, 0.2) is 0 Å². The van der Waals surface area contributed by atoms with Crippen molar-refractivity contribution in [3.63, 3.8) is 0 Å². The Morgan fingerprint density at radius 2 is 1.00 bits per heavy atom. The molecule has 0 atom stereocenters.